The minimum absolute atomic E-state index is 0.0711. The normalized spacial score (nSPS) is 17.4. The number of nitro groups is 1. The number of hydrogen-bond donors (Lipinski definition) is 1. The molecule has 0 spiro atoms. The highest BCUT2D eigenvalue weighted by Gasteiger charge is 2.20. The van der Waals surface area contributed by atoms with Crippen LogP contribution in [0.15, 0.2) is 48.5 Å². The van der Waals surface area contributed by atoms with Crippen LogP contribution in [0.25, 0.3) is 0 Å². The Morgan fingerprint density at radius 1 is 1.21 bits per heavy atom. The average molecular weight is 256 g/mol. The van der Waals surface area contributed by atoms with Crippen LogP contribution < -0.4 is 5.32 Å². The summed E-state index contributed by atoms with van der Waals surface area (Å²) in [5.41, 5.74) is 2.92. The van der Waals surface area contributed by atoms with Crippen LogP contribution in [0.5, 0.6) is 0 Å². The zero-order valence-corrected chi connectivity index (χ0v) is 10.1. The van der Waals surface area contributed by atoms with Crippen molar-refractivity contribution < 1.29 is 9.66 Å². The van der Waals surface area contributed by atoms with Crippen molar-refractivity contribution in [3.63, 3.8) is 0 Å². The van der Waals surface area contributed by atoms with Crippen molar-refractivity contribution in [2.24, 2.45) is 0 Å². The third kappa shape index (κ3) is 2.28. The fourth-order valence-electron chi connectivity index (χ4n) is 2.12. The van der Waals surface area contributed by atoms with E-state index < -0.39 is 4.92 Å². The second-order valence-electron chi connectivity index (χ2n) is 4.34. The van der Waals surface area contributed by atoms with Gasteiger partial charge in [0.1, 0.15) is 0 Å². The molecular weight excluding hydrogens is 244 g/mol. The van der Waals surface area contributed by atoms with E-state index in [4.69, 9.17) is 4.74 Å². The monoisotopic (exact) mass is 256 g/mol. The second-order valence-corrected chi connectivity index (χ2v) is 4.34. The maximum Gasteiger partial charge on any atom is 0.269 e. The molecule has 1 heterocycles. The number of ether oxygens (including phenoxy) is 1. The number of rotatable bonds is 2. The molecule has 5 heteroatoms. The average Bonchev–Trinajstić information content (AvgIpc) is 2.47. The van der Waals surface area contributed by atoms with Crippen molar-refractivity contribution in [1.82, 2.24) is 0 Å². The summed E-state index contributed by atoms with van der Waals surface area (Å²) in [6, 6.07) is 14.4. The lowest BCUT2D eigenvalue weighted by Gasteiger charge is -2.27. The van der Waals surface area contributed by atoms with E-state index in [1.807, 2.05) is 30.3 Å². The number of anilines is 1. The minimum atomic E-state index is -0.403. The summed E-state index contributed by atoms with van der Waals surface area (Å²) in [6.45, 7) is 0.497. The molecule has 3 rings (SSSR count). The van der Waals surface area contributed by atoms with E-state index in [9.17, 15) is 10.1 Å². The molecule has 0 saturated carbocycles. The molecule has 0 amide bonds. The molecule has 0 aliphatic carbocycles. The number of fused-ring (bicyclic) bond motifs is 1. The Morgan fingerprint density at radius 2 is 2.05 bits per heavy atom. The van der Waals surface area contributed by atoms with E-state index in [1.165, 1.54) is 12.1 Å². The summed E-state index contributed by atoms with van der Waals surface area (Å²) < 4.78 is 5.69. The molecule has 0 bridgehead atoms. The van der Waals surface area contributed by atoms with Gasteiger partial charge in [0.05, 0.1) is 11.5 Å². The highest BCUT2D eigenvalue weighted by atomic mass is 16.6. The van der Waals surface area contributed by atoms with Crippen molar-refractivity contribution in [3.05, 3.63) is 69.8 Å². The number of non-ortho nitro benzene ring substituents is 1. The summed E-state index contributed by atoms with van der Waals surface area (Å²) >= 11 is 0. The zero-order chi connectivity index (χ0) is 13.2. The molecule has 1 aliphatic rings. The van der Waals surface area contributed by atoms with Gasteiger partial charge in [-0.15, -0.1) is 0 Å². The van der Waals surface area contributed by atoms with Crippen LogP contribution in [-0.2, 0) is 11.3 Å². The van der Waals surface area contributed by atoms with Gasteiger partial charge in [-0.1, -0.05) is 30.3 Å². The molecule has 0 unspecified atom stereocenters. The number of nitro benzene ring substituents is 1. The molecule has 0 radical (unpaired) electrons. The van der Waals surface area contributed by atoms with Crippen LogP contribution in [0.3, 0.4) is 0 Å². The van der Waals surface area contributed by atoms with Crippen LogP contribution >= 0.6 is 0 Å². The van der Waals surface area contributed by atoms with Gasteiger partial charge in [-0.25, -0.2) is 0 Å². The number of nitrogens with zero attached hydrogens (tertiary/aromatic N) is 1. The van der Waals surface area contributed by atoms with E-state index in [1.54, 1.807) is 6.07 Å². The summed E-state index contributed by atoms with van der Waals surface area (Å²) in [6.07, 6.45) is -0.352. The Hall–Kier alpha value is -2.40. The summed E-state index contributed by atoms with van der Waals surface area (Å²) in [5, 5.41) is 14.0. The predicted molar refractivity (Wildman–Crippen MR) is 70.7 cm³/mol. The Balaban J connectivity index is 1.89. The Bertz CT molecular complexity index is 628. The van der Waals surface area contributed by atoms with Crippen LogP contribution in [0.4, 0.5) is 11.4 Å². The number of benzene rings is 2. The molecular formula is C14H12N2O3. The second kappa shape index (κ2) is 4.70. The fourth-order valence-corrected chi connectivity index (χ4v) is 2.12. The van der Waals surface area contributed by atoms with Crippen LogP contribution in [0.1, 0.15) is 17.4 Å². The largest absolute Gasteiger partial charge is 0.356 e. The molecule has 96 valence electrons. The Labute approximate surface area is 110 Å². The smallest absolute Gasteiger partial charge is 0.269 e. The van der Waals surface area contributed by atoms with E-state index >= 15 is 0 Å². The highest BCUT2D eigenvalue weighted by Crippen LogP contribution is 2.31. The first kappa shape index (κ1) is 11.7. The van der Waals surface area contributed by atoms with E-state index in [2.05, 4.69) is 5.32 Å². The molecule has 0 saturated heterocycles. The van der Waals surface area contributed by atoms with Crippen LogP contribution in [0, 0.1) is 10.1 Å². The maximum atomic E-state index is 10.8. The Morgan fingerprint density at radius 3 is 2.89 bits per heavy atom. The van der Waals surface area contributed by atoms with Gasteiger partial charge in [0, 0.05) is 28.9 Å². The molecule has 0 fully saturated rings. The summed E-state index contributed by atoms with van der Waals surface area (Å²) in [5.74, 6) is 0. The van der Waals surface area contributed by atoms with Crippen LogP contribution in [-0.4, -0.2) is 4.92 Å². The topological polar surface area (TPSA) is 64.4 Å². The predicted octanol–water partition coefficient (Wildman–Crippen LogP) is 3.24. The van der Waals surface area contributed by atoms with Gasteiger partial charge in [-0.2, -0.15) is 0 Å². The molecule has 1 aliphatic heterocycles. The molecule has 1 atom stereocenters. The van der Waals surface area contributed by atoms with Crippen molar-refractivity contribution in [1.29, 1.82) is 0 Å². The molecule has 2 aromatic carbocycles. The van der Waals surface area contributed by atoms with Gasteiger partial charge in [-0.05, 0) is 6.07 Å². The van der Waals surface area contributed by atoms with Gasteiger partial charge in [0.2, 0.25) is 0 Å². The molecule has 2 aromatic rings. The lowest BCUT2D eigenvalue weighted by molar-refractivity contribution is -0.385. The van der Waals surface area contributed by atoms with Crippen molar-refractivity contribution in [2.75, 3.05) is 5.32 Å². The first-order valence-corrected chi connectivity index (χ1v) is 5.94. The lowest BCUT2D eigenvalue weighted by Crippen LogP contribution is -2.20. The van der Waals surface area contributed by atoms with E-state index in [0.717, 1.165) is 16.8 Å². The van der Waals surface area contributed by atoms with Gasteiger partial charge in [-0.3, -0.25) is 10.1 Å². The SMILES string of the molecule is O=[N+]([O-])c1cccc([C@@H]2Nc3ccccc3CO2)c1. The number of nitrogens with one attached hydrogen (secondary N) is 1. The van der Waals surface area contributed by atoms with Crippen molar-refractivity contribution in [2.45, 2.75) is 12.8 Å². The molecule has 19 heavy (non-hydrogen) atoms. The number of para-hydroxylation sites is 1. The number of hydrogen-bond acceptors (Lipinski definition) is 4. The van der Waals surface area contributed by atoms with Gasteiger partial charge < -0.3 is 10.1 Å². The van der Waals surface area contributed by atoms with E-state index in [-0.39, 0.29) is 11.9 Å². The summed E-state index contributed by atoms with van der Waals surface area (Å²) in [7, 11) is 0. The van der Waals surface area contributed by atoms with Gasteiger partial charge in [0.25, 0.3) is 5.69 Å². The third-order valence-electron chi connectivity index (χ3n) is 3.09. The van der Waals surface area contributed by atoms with Gasteiger partial charge >= 0.3 is 0 Å². The molecule has 5 nitrogen and oxygen atoms in total. The minimum Gasteiger partial charge on any atom is -0.356 e. The fraction of sp³-hybridized carbons (Fsp3) is 0.143. The maximum absolute atomic E-state index is 10.8. The third-order valence-corrected chi connectivity index (χ3v) is 3.09. The molecule has 0 aromatic heterocycles. The van der Waals surface area contributed by atoms with E-state index in [0.29, 0.717) is 6.61 Å². The van der Waals surface area contributed by atoms with Crippen LogP contribution in [0.2, 0.25) is 0 Å². The standard InChI is InChI=1S/C14H12N2O3/c17-16(18)12-6-3-5-10(8-12)14-15-13-7-2-1-4-11(13)9-19-14/h1-8,14-15H,9H2/t14-/m1/s1. The van der Waals surface area contributed by atoms with Gasteiger partial charge in [0.15, 0.2) is 6.23 Å². The summed E-state index contributed by atoms with van der Waals surface area (Å²) in [4.78, 5) is 10.4. The zero-order valence-electron chi connectivity index (χ0n) is 10.1. The lowest BCUT2D eigenvalue weighted by atomic mass is 10.1. The van der Waals surface area contributed by atoms with Crippen molar-refractivity contribution in [3.8, 4) is 0 Å². The quantitative estimate of drug-likeness (QED) is 0.661. The van der Waals surface area contributed by atoms with Crippen molar-refractivity contribution >= 4 is 11.4 Å². The first-order chi connectivity index (χ1) is 9.24. The molecule has 1 N–H and O–H groups in total. The first-order valence-electron chi connectivity index (χ1n) is 5.94. The highest BCUT2D eigenvalue weighted by molar-refractivity contribution is 5.53. The Kier molecular flexibility index (Phi) is 2.89.